The Morgan fingerprint density at radius 1 is 1.38 bits per heavy atom. The van der Waals surface area contributed by atoms with E-state index in [4.69, 9.17) is 4.74 Å². The fourth-order valence-corrected chi connectivity index (χ4v) is 0.941. The van der Waals surface area contributed by atoms with Gasteiger partial charge in [0.15, 0.2) is 0 Å². The highest BCUT2D eigenvalue weighted by atomic mass is 16.5. The molecule has 0 aromatic carbocycles. The van der Waals surface area contributed by atoms with Crippen molar-refractivity contribution >= 4 is 0 Å². The molecule has 0 aliphatic heterocycles. The molecule has 1 aliphatic rings. The first-order valence-electron chi connectivity index (χ1n) is 2.94. The maximum absolute atomic E-state index is 5.24. The summed E-state index contributed by atoms with van der Waals surface area (Å²) in [7, 11) is 5.88. The van der Waals surface area contributed by atoms with Crippen LogP contribution in [0.25, 0.3) is 0 Å². The molecule has 0 N–H and O–H groups in total. The van der Waals surface area contributed by atoms with Crippen molar-refractivity contribution in [3.8, 4) is 0 Å². The lowest BCUT2D eigenvalue weighted by Crippen LogP contribution is -2.31. The topological polar surface area (TPSA) is 12.5 Å². The van der Waals surface area contributed by atoms with Crippen LogP contribution in [0.15, 0.2) is 0 Å². The van der Waals surface area contributed by atoms with Crippen molar-refractivity contribution in [2.45, 2.75) is 18.6 Å². The van der Waals surface area contributed by atoms with Crippen molar-refractivity contribution in [1.29, 1.82) is 0 Å². The minimum absolute atomic E-state index is 0.125. The van der Waals surface area contributed by atoms with Crippen molar-refractivity contribution < 1.29 is 4.74 Å². The third kappa shape index (κ3) is 0.740. The van der Waals surface area contributed by atoms with Crippen LogP contribution in [-0.4, -0.2) is 31.8 Å². The summed E-state index contributed by atoms with van der Waals surface area (Å²) in [6.07, 6.45) is 2.38. The number of nitrogens with zero attached hydrogens (tertiary/aromatic N) is 1. The average Bonchev–Trinajstić information content (AvgIpc) is 2.44. The van der Waals surface area contributed by atoms with Gasteiger partial charge in [-0.05, 0) is 26.9 Å². The van der Waals surface area contributed by atoms with Crippen LogP contribution in [0.5, 0.6) is 0 Å². The maximum Gasteiger partial charge on any atom is 0.121 e. The standard InChI is InChI=1S/C6H13NO/c1-7(2)6(8-3)4-5-6/h4-5H2,1-3H3. The number of methoxy groups -OCH3 is 1. The van der Waals surface area contributed by atoms with Crippen LogP contribution in [0.2, 0.25) is 0 Å². The molecule has 0 aromatic heterocycles. The second-order valence-corrected chi connectivity index (χ2v) is 2.54. The van der Waals surface area contributed by atoms with Gasteiger partial charge in [0.2, 0.25) is 0 Å². The van der Waals surface area contributed by atoms with Crippen LogP contribution in [0, 0.1) is 0 Å². The van der Waals surface area contributed by atoms with E-state index >= 15 is 0 Å². The SMILES string of the molecule is COC1(N(C)C)CC1. The third-order valence-electron chi connectivity index (χ3n) is 1.87. The highest BCUT2D eigenvalue weighted by molar-refractivity contribution is 4.92. The van der Waals surface area contributed by atoms with E-state index in [2.05, 4.69) is 19.0 Å². The zero-order valence-electron chi connectivity index (χ0n) is 5.77. The van der Waals surface area contributed by atoms with Gasteiger partial charge in [-0.1, -0.05) is 0 Å². The van der Waals surface area contributed by atoms with E-state index in [9.17, 15) is 0 Å². The van der Waals surface area contributed by atoms with E-state index in [-0.39, 0.29) is 5.72 Å². The fraction of sp³-hybridized carbons (Fsp3) is 1.00. The fourth-order valence-electron chi connectivity index (χ4n) is 0.941. The van der Waals surface area contributed by atoms with Gasteiger partial charge in [-0.25, -0.2) is 0 Å². The third-order valence-corrected chi connectivity index (χ3v) is 1.87. The number of rotatable bonds is 2. The van der Waals surface area contributed by atoms with Gasteiger partial charge in [0.1, 0.15) is 5.72 Å². The molecule has 0 unspecified atom stereocenters. The quantitative estimate of drug-likeness (QED) is 0.491. The lowest BCUT2D eigenvalue weighted by atomic mass is 10.5. The van der Waals surface area contributed by atoms with E-state index < -0.39 is 0 Å². The first-order chi connectivity index (χ1) is 3.71. The molecule has 0 spiro atoms. The molecule has 2 heteroatoms. The summed E-state index contributed by atoms with van der Waals surface area (Å²) in [6, 6.07) is 0. The normalized spacial score (nSPS) is 24.0. The van der Waals surface area contributed by atoms with Gasteiger partial charge in [0.25, 0.3) is 0 Å². The Hall–Kier alpha value is -0.0800. The molecule has 0 saturated heterocycles. The summed E-state index contributed by atoms with van der Waals surface area (Å²) in [5, 5.41) is 0. The molecular weight excluding hydrogens is 102 g/mol. The lowest BCUT2D eigenvalue weighted by Gasteiger charge is -2.21. The molecule has 0 heterocycles. The number of hydrogen-bond donors (Lipinski definition) is 0. The minimum atomic E-state index is 0.125. The molecule has 0 amide bonds. The Labute approximate surface area is 50.4 Å². The predicted molar refractivity (Wildman–Crippen MR) is 32.7 cm³/mol. The van der Waals surface area contributed by atoms with Crippen molar-refractivity contribution in [2.75, 3.05) is 21.2 Å². The van der Waals surface area contributed by atoms with Gasteiger partial charge in [-0.2, -0.15) is 0 Å². The summed E-state index contributed by atoms with van der Waals surface area (Å²) >= 11 is 0. The molecule has 48 valence electrons. The van der Waals surface area contributed by atoms with Crippen LogP contribution >= 0.6 is 0 Å². The zero-order valence-corrected chi connectivity index (χ0v) is 5.77. The molecule has 0 radical (unpaired) electrons. The zero-order chi connectivity index (χ0) is 6.20. The lowest BCUT2D eigenvalue weighted by molar-refractivity contribution is -0.0285. The largest absolute Gasteiger partial charge is 0.364 e. The first kappa shape index (κ1) is 6.05. The maximum atomic E-state index is 5.24. The molecule has 8 heavy (non-hydrogen) atoms. The molecular formula is C6H13NO. The van der Waals surface area contributed by atoms with Gasteiger partial charge >= 0.3 is 0 Å². The van der Waals surface area contributed by atoms with Crippen LogP contribution in [0.1, 0.15) is 12.8 Å². The highest BCUT2D eigenvalue weighted by Gasteiger charge is 2.45. The molecule has 1 rings (SSSR count). The van der Waals surface area contributed by atoms with E-state index in [0.717, 1.165) is 0 Å². The minimum Gasteiger partial charge on any atom is -0.364 e. The van der Waals surface area contributed by atoms with Crippen LogP contribution in [-0.2, 0) is 4.74 Å². The Morgan fingerprint density at radius 3 is 1.88 bits per heavy atom. The smallest absolute Gasteiger partial charge is 0.121 e. The summed E-state index contributed by atoms with van der Waals surface area (Å²) in [6.45, 7) is 0. The van der Waals surface area contributed by atoms with Gasteiger partial charge in [-0.15, -0.1) is 0 Å². The van der Waals surface area contributed by atoms with Crippen LogP contribution in [0.3, 0.4) is 0 Å². The highest BCUT2D eigenvalue weighted by Crippen LogP contribution is 2.40. The molecule has 2 nitrogen and oxygen atoms in total. The molecule has 0 aromatic rings. The molecule has 1 aliphatic carbocycles. The van der Waals surface area contributed by atoms with E-state index in [1.165, 1.54) is 12.8 Å². The summed E-state index contributed by atoms with van der Waals surface area (Å²) in [4.78, 5) is 2.13. The average molecular weight is 115 g/mol. The summed E-state index contributed by atoms with van der Waals surface area (Å²) in [5.74, 6) is 0. The van der Waals surface area contributed by atoms with Gasteiger partial charge < -0.3 is 4.74 Å². The van der Waals surface area contributed by atoms with Gasteiger partial charge in [0.05, 0.1) is 0 Å². The van der Waals surface area contributed by atoms with Crippen molar-refractivity contribution in [2.24, 2.45) is 0 Å². The Balaban J connectivity index is 2.41. The van der Waals surface area contributed by atoms with E-state index in [1.54, 1.807) is 7.11 Å². The summed E-state index contributed by atoms with van der Waals surface area (Å²) < 4.78 is 5.24. The summed E-state index contributed by atoms with van der Waals surface area (Å²) in [5.41, 5.74) is 0.125. The van der Waals surface area contributed by atoms with E-state index in [0.29, 0.717) is 0 Å². The van der Waals surface area contributed by atoms with Gasteiger partial charge in [-0.3, -0.25) is 4.90 Å². The van der Waals surface area contributed by atoms with Gasteiger partial charge in [0, 0.05) is 7.11 Å². The number of hydrogen-bond acceptors (Lipinski definition) is 2. The second kappa shape index (κ2) is 1.71. The molecule has 0 atom stereocenters. The molecule has 1 fully saturated rings. The monoisotopic (exact) mass is 115 g/mol. The van der Waals surface area contributed by atoms with Crippen molar-refractivity contribution in [3.63, 3.8) is 0 Å². The first-order valence-corrected chi connectivity index (χ1v) is 2.94. The predicted octanol–water partition coefficient (Wildman–Crippen LogP) is 0.685. The molecule has 0 bridgehead atoms. The van der Waals surface area contributed by atoms with Crippen molar-refractivity contribution in [1.82, 2.24) is 4.90 Å². The van der Waals surface area contributed by atoms with Crippen LogP contribution < -0.4 is 0 Å². The Bertz CT molecular complexity index is 86.5. The Morgan fingerprint density at radius 2 is 1.88 bits per heavy atom. The second-order valence-electron chi connectivity index (χ2n) is 2.54. The van der Waals surface area contributed by atoms with E-state index in [1.807, 2.05) is 0 Å². The van der Waals surface area contributed by atoms with Crippen molar-refractivity contribution in [3.05, 3.63) is 0 Å². The number of ether oxygens (including phenoxy) is 1. The Kier molecular flexibility index (Phi) is 1.29. The van der Waals surface area contributed by atoms with Crippen LogP contribution in [0.4, 0.5) is 0 Å². The molecule has 1 saturated carbocycles.